The van der Waals surface area contributed by atoms with E-state index in [0.29, 0.717) is 22.3 Å². The lowest BCUT2D eigenvalue weighted by atomic mass is 10.1. The second kappa shape index (κ2) is 10.2. The van der Waals surface area contributed by atoms with E-state index in [-0.39, 0.29) is 11.6 Å². The Bertz CT molecular complexity index is 1100. The van der Waals surface area contributed by atoms with Crippen LogP contribution in [-0.4, -0.2) is 48.7 Å². The number of rotatable bonds is 0. The van der Waals surface area contributed by atoms with Crippen molar-refractivity contribution in [2.45, 2.75) is 0 Å². The van der Waals surface area contributed by atoms with Crippen LogP contribution in [-0.2, 0) is 0 Å². The number of ketones is 2. The number of hydrogen-bond acceptors (Lipinski definition) is 3. The van der Waals surface area contributed by atoms with Crippen LogP contribution in [0.5, 0.6) is 0 Å². The highest BCUT2D eigenvalue weighted by molar-refractivity contribution is 6.40. The monoisotopic (exact) mass is 409 g/mol. The van der Waals surface area contributed by atoms with Crippen molar-refractivity contribution in [1.29, 1.82) is 0 Å². The highest BCUT2D eigenvalue weighted by Crippen LogP contribution is 2.30. The molecule has 0 aliphatic heterocycles. The number of fused-ring (bicyclic) bond motifs is 1. The number of aliphatic imine (C=N–C) groups is 1. The largest absolute Gasteiger partial charge is 0.289 e. The summed E-state index contributed by atoms with van der Waals surface area (Å²) in [5.41, 5.74) is 4.37. The lowest BCUT2D eigenvalue weighted by molar-refractivity contribution is -0.462. The van der Waals surface area contributed by atoms with Crippen LogP contribution in [0.4, 0.5) is 0 Å². The van der Waals surface area contributed by atoms with Gasteiger partial charge < -0.3 is 0 Å². The van der Waals surface area contributed by atoms with Gasteiger partial charge in [0.1, 0.15) is 14.1 Å². The Morgan fingerprint density at radius 3 is 1.52 bits per heavy atom. The summed E-state index contributed by atoms with van der Waals surface area (Å²) in [6, 6.07) is 6.95. The summed E-state index contributed by atoms with van der Waals surface area (Å²) in [4.78, 5) is 28.0. The van der Waals surface area contributed by atoms with E-state index in [9.17, 15) is 9.59 Å². The van der Waals surface area contributed by atoms with E-state index in [0.717, 1.165) is 5.71 Å². The molecule has 4 heteroatoms. The zero-order valence-electron chi connectivity index (χ0n) is 17.9. The second-order valence-corrected chi connectivity index (χ2v) is 7.16. The Balaban J connectivity index is 0.000000152. The van der Waals surface area contributed by atoms with Crippen LogP contribution in [0.25, 0.3) is 0 Å². The lowest BCUT2D eigenvalue weighted by Crippen LogP contribution is -2.05. The van der Waals surface area contributed by atoms with Gasteiger partial charge in [0.05, 0.1) is 11.3 Å². The van der Waals surface area contributed by atoms with Gasteiger partial charge >= 0.3 is 0 Å². The molecule has 0 heterocycles. The van der Waals surface area contributed by atoms with E-state index in [2.05, 4.69) is 21.7 Å². The number of hydrogen-bond donors (Lipinski definition) is 0. The first kappa shape index (κ1) is 21.8. The predicted molar refractivity (Wildman–Crippen MR) is 127 cm³/mol. The smallest absolute Gasteiger partial charge is 0.199 e. The molecule has 1 aromatic carbocycles. The first-order valence-corrected chi connectivity index (χ1v) is 10.0. The number of carbonyl (C=O) groups excluding carboxylic acids is 2. The van der Waals surface area contributed by atoms with E-state index < -0.39 is 0 Å². The van der Waals surface area contributed by atoms with Crippen molar-refractivity contribution in [3.8, 4) is 0 Å². The zero-order valence-corrected chi connectivity index (χ0v) is 17.9. The van der Waals surface area contributed by atoms with Crippen LogP contribution in [0.15, 0.2) is 113 Å². The van der Waals surface area contributed by atoms with Crippen molar-refractivity contribution in [3.05, 3.63) is 119 Å². The Labute approximate surface area is 183 Å². The molecule has 0 unspecified atom stereocenters. The van der Waals surface area contributed by atoms with Crippen molar-refractivity contribution >= 4 is 23.0 Å². The van der Waals surface area contributed by atoms with E-state index in [4.69, 9.17) is 0 Å². The summed E-state index contributed by atoms with van der Waals surface area (Å²) in [5.74, 6) is -0.321. The number of nitrogens with zero attached hydrogens (tertiary/aromatic N) is 2. The van der Waals surface area contributed by atoms with Crippen LogP contribution in [0.1, 0.15) is 20.7 Å². The first-order valence-electron chi connectivity index (χ1n) is 10.0. The van der Waals surface area contributed by atoms with E-state index in [1.165, 1.54) is 5.71 Å². The van der Waals surface area contributed by atoms with Gasteiger partial charge in [-0.2, -0.15) is 0 Å². The van der Waals surface area contributed by atoms with Crippen LogP contribution < -0.4 is 0 Å². The fourth-order valence-electron chi connectivity index (χ4n) is 3.23. The topological polar surface area (TPSA) is 49.5 Å². The van der Waals surface area contributed by atoms with Gasteiger partial charge in [-0.05, 0) is 17.7 Å². The maximum absolute atomic E-state index is 12.0. The standard InChI is InChI=1S/C14H8O2.C7H10N.C6H7N/c15-13-10-7-3-4-8-11(10)14(16)12(13)9-5-1-2-6-9;1-8(2)7-5-3-4-6-7;1-7-6-4-2-3-5-6/h1-8H;3-6H,1-2H3;2-5H,1H3/q;+1;. The molecule has 4 aliphatic rings. The van der Waals surface area contributed by atoms with E-state index in [1.807, 2.05) is 62.7 Å². The Morgan fingerprint density at radius 2 is 1.13 bits per heavy atom. The summed E-state index contributed by atoms with van der Waals surface area (Å²) in [6.07, 6.45) is 23.4. The fraction of sp³-hybridized carbons (Fsp3) is 0.111. The molecule has 1 aromatic rings. The van der Waals surface area contributed by atoms with Gasteiger partial charge in [0.25, 0.3) is 0 Å². The van der Waals surface area contributed by atoms with Gasteiger partial charge in [0, 0.05) is 30.3 Å². The van der Waals surface area contributed by atoms with Crippen molar-refractivity contribution in [2.75, 3.05) is 21.1 Å². The van der Waals surface area contributed by atoms with Gasteiger partial charge in [-0.3, -0.25) is 14.6 Å². The average molecular weight is 410 g/mol. The summed E-state index contributed by atoms with van der Waals surface area (Å²) in [5, 5.41) is 0. The van der Waals surface area contributed by atoms with Crippen LogP contribution in [0.2, 0.25) is 0 Å². The third-order valence-corrected chi connectivity index (χ3v) is 4.89. The lowest BCUT2D eigenvalue weighted by Gasteiger charge is -1.95. The molecule has 154 valence electrons. The SMILES string of the molecule is CN=C1C=CC=C1.C[N+](C)=C1C=CC=C1.O=C1C(=C2C=CC=C2)C(=O)c2ccccc21. The van der Waals surface area contributed by atoms with Gasteiger partial charge in [0.2, 0.25) is 0 Å². The maximum Gasteiger partial charge on any atom is 0.199 e. The molecule has 4 aliphatic carbocycles. The van der Waals surface area contributed by atoms with Crippen LogP contribution in [0, 0.1) is 0 Å². The van der Waals surface area contributed by atoms with Crippen molar-refractivity contribution in [1.82, 2.24) is 0 Å². The van der Waals surface area contributed by atoms with E-state index >= 15 is 0 Å². The molecule has 0 bridgehead atoms. The van der Waals surface area contributed by atoms with Crippen molar-refractivity contribution < 1.29 is 14.2 Å². The second-order valence-electron chi connectivity index (χ2n) is 7.16. The van der Waals surface area contributed by atoms with E-state index in [1.54, 1.807) is 43.5 Å². The molecular formula is C27H25N2O2+. The maximum atomic E-state index is 12.0. The summed E-state index contributed by atoms with van der Waals surface area (Å²) in [6.45, 7) is 0. The number of benzene rings is 1. The molecule has 0 spiro atoms. The Kier molecular flexibility index (Phi) is 7.17. The minimum absolute atomic E-state index is 0.160. The van der Waals surface area contributed by atoms with Gasteiger partial charge in [-0.25, -0.2) is 4.58 Å². The molecule has 0 N–H and O–H groups in total. The predicted octanol–water partition coefficient (Wildman–Crippen LogP) is 4.50. The highest BCUT2D eigenvalue weighted by Gasteiger charge is 2.34. The molecule has 0 saturated carbocycles. The third-order valence-electron chi connectivity index (χ3n) is 4.89. The van der Waals surface area contributed by atoms with Crippen molar-refractivity contribution in [2.24, 2.45) is 4.99 Å². The minimum atomic E-state index is -0.160. The van der Waals surface area contributed by atoms with Crippen molar-refractivity contribution in [3.63, 3.8) is 0 Å². The molecular weight excluding hydrogens is 384 g/mol. The quantitative estimate of drug-likeness (QED) is 0.360. The van der Waals surface area contributed by atoms with Gasteiger partial charge in [0.15, 0.2) is 17.3 Å². The van der Waals surface area contributed by atoms with Crippen LogP contribution >= 0.6 is 0 Å². The summed E-state index contributed by atoms with van der Waals surface area (Å²) >= 11 is 0. The number of carbonyl (C=O) groups is 2. The average Bonchev–Trinajstić information content (AvgIpc) is 3.58. The molecule has 0 saturated heterocycles. The molecule has 0 aromatic heterocycles. The fourth-order valence-corrected chi connectivity index (χ4v) is 3.23. The zero-order chi connectivity index (χ0) is 22.2. The van der Waals surface area contributed by atoms with Crippen LogP contribution in [0.3, 0.4) is 0 Å². The van der Waals surface area contributed by atoms with Gasteiger partial charge in [-0.15, -0.1) is 0 Å². The molecule has 0 radical (unpaired) electrons. The normalized spacial score (nSPS) is 16.6. The summed E-state index contributed by atoms with van der Waals surface area (Å²) in [7, 11) is 5.86. The minimum Gasteiger partial charge on any atom is -0.289 e. The molecule has 0 fully saturated rings. The molecule has 0 atom stereocenters. The van der Waals surface area contributed by atoms with Gasteiger partial charge in [-0.1, -0.05) is 72.9 Å². The first-order chi connectivity index (χ1) is 15.0. The molecule has 31 heavy (non-hydrogen) atoms. The Morgan fingerprint density at radius 1 is 0.677 bits per heavy atom. The summed E-state index contributed by atoms with van der Waals surface area (Å²) < 4.78 is 2.08. The molecule has 0 amide bonds. The molecule has 5 rings (SSSR count). The highest BCUT2D eigenvalue weighted by atomic mass is 16.2. The number of Topliss-reactive ketones (excluding diaryl/α,β-unsaturated/α-hetero) is 2. The molecule has 4 nitrogen and oxygen atoms in total. The number of allylic oxidation sites excluding steroid dienone is 14. The third kappa shape index (κ3) is 5.17. The Hall–Kier alpha value is -3.92.